The summed E-state index contributed by atoms with van der Waals surface area (Å²) < 4.78 is 11.3. The minimum absolute atomic E-state index is 0.0204. The van der Waals surface area contributed by atoms with Gasteiger partial charge < -0.3 is 24.8 Å². The number of aliphatic carboxylic acids is 1. The highest BCUT2D eigenvalue weighted by Gasteiger charge is 2.28. The molecular weight excluding hydrogens is 404 g/mol. The molecule has 0 radical (unpaired) electrons. The molecule has 174 valence electrons. The summed E-state index contributed by atoms with van der Waals surface area (Å²) >= 11 is 0. The zero-order valence-corrected chi connectivity index (χ0v) is 19.6. The van der Waals surface area contributed by atoms with E-state index in [9.17, 15) is 9.90 Å². The molecular formula is C26H36N2O4. The second-order valence-corrected chi connectivity index (χ2v) is 8.64. The Bertz CT molecular complexity index is 882. The van der Waals surface area contributed by atoms with Gasteiger partial charge in [0.15, 0.2) is 0 Å². The Labute approximate surface area is 191 Å². The summed E-state index contributed by atoms with van der Waals surface area (Å²) in [5.41, 5.74) is 4.12. The molecule has 6 nitrogen and oxygen atoms in total. The van der Waals surface area contributed by atoms with E-state index >= 15 is 0 Å². The van der Waals surface area contributed by atoms with Crippen molar-refractivity contribution in [3.8, 4) is 5.75 Å². The molecule has 2 aromatic carbocycles. The summed E-state index contributed by atoms with van der Waals surface area (Å²) in [6.45, 7) is 11.3. The van der Waals surface area contributed by atoms with Gasteiger partial charge in [-0.25, -0.2) is 0 Å². The number of carboxylic acids is 1. The molecule has 0 unspecified atom stereocenters. The number of benzene rings is 2. The number of ether oxygens (including phenoxy) is 2. The molecule has 3 rings (SSSR count). The maximum Gasteiger partial charge on any atom is 0.303 e. The van der Waals surface area contributed by atoms with Gasteiger partial charge in [0.2, 0.25) is 0 Å². The summed E-state index contributed by atoms with van der Waals surface area (Å²) in [5.74, 6) is 0.499. The second kappa shape index (κ2) is 11.2. The first kappa shape index (κ1) is 23.9. The van der Waals surface area contributed by atoms with Crippen molar-refractivity contribution in [2.75, 3.05) is 36.6 Å². The minimum Gasteiger partial charge on any atom is -0.494 e. The average Bonchev–Trinajstić information content (AvgIpc) is 2.79. The Balaban J connectivity index is 1.98. The minimum atomic E-state index is -0.769. The molecule has 1 saturated heterocycles. The van der Waals surface area contributed by atoms with E-state index in [0.717, 1.165) is 41.3 Å². The number of carbonyl (C=O) groups is 1. The number of nitrogens with zero attached hydrogens (tertiary/aromatic N) is 1. The molecule has 0 spiro atoms. The highest BCUT2D eigenvalue weighted by Crippen LogP contribution is 2.37. The summed E-state index contributed by atoms with van der Waals surface area (Å²) in [5, 5.41) is 12.9. The van der Waals surface area contributed by atoms with Gasteiger partial charge in [-0.05, 0) is 67.1 Å². The summed E-state index contributed by atoms with van der Waals surface area (Å²) in [6, 6.07) is 14.6. The van der Waals surface area contributed by atoms with Crippen LogP contribution < -0.4 is 15.0 Å². The molecule has 1 heterocycles. The van der Waals surface area contributed by atoms with Crippen LogP contribution in [0.1, 0.15) is 52.0 Å². The lowest BCUT2D eigenvalue weighted by Crippen LogP contribution is -2.48. The van der Waals surface area contributed by atoms with Gasteiger partial charge in [0.25, 0.3) is 0 Å². The highest BCUT2D eigenvalue weighted by atomic mass is 16.5. The van der Waals surface area contributed by atoms with Crippen LogP contribution in [-0.4, -0.2) is 43.5 Å². The fourth-order valence-corrected chi connectivity index (χ4v) is 4.30. The van der Waals surface area contributed by atoms with Crippen LogP contribution in [-0.2, 0) is 9.53 Å². The third kappa shape index (κ3) is 5.94. The molecule has 1 fully saturated rings. The molecule has 2 N–H and O–H groups in total. The Morgan fingerprint density at radius 3 is 2.59 bits per heavy atom. The first-order valence-electron chi connectivity index (χ1n) is 11.6. The Morgan fingerprint density at radius 1 is 1.22 bits per heavy atom. The lowest BCUT2D eigenvalue weighted by Gasteiger charge is -2.40. The van der Waals surface area contributed by atoms with Crippen LogP contribution >= 0.6 is 0 Å². The molecule has 6 heteroatoms. The summed E-state index contributed by atoms with van der Waals surface area (Å²) in [4.78, 5) is 13.8. The van der Waals surface area contributed by atoms with Crippen LogP contribution in [0.4, 0.5) is 17.1 Å². The van der Waals surface area contributed by atoms with Crippen LogP contribution in [0.3, 0.4) is 0 Å². The predicted octanol–water partition coefficient (Wildman–Crippen LogP) is 5.66. The number of hydrogen-bond acceptors (Lipinski definition) is 5. The quantitative estimate of drug-likeness (QED) is 0.497. The number of rotatable bonds is 10. The van der Waals surface area contributed by atoms with E-state index in [0.29, 0.717) is 25.7 Å². The maximum absolute atomic E-state index is 11.4. The monoisotopic (exact) mass is 440 g/mol. The van der Waals surface area contributed by atoms with Gasteiger partial charge in [-0.15, -0.1) is 0 Å². The van der Waals surface area contributed by atoms with Crippen LogP contribution in [0, 0.1) is 5.92 Å². The van der Waals surface area contributed by atoms with E-state index in [1.807, 2.05) is 38.1 Å². The van der Waals surface area contributed by atoms with Gasteiger partial charge in [-0.3, -0.25) is 4.79 Å². The largest absolute Gasteiger partial charge is 0.494 e. The third-order valence-electron chi connectivity index (χ3n) is 6.09. The van der Waals surface area contributed by atoms with E-state index < -0.39 is 5.97 Å². The number of nitrogens with one attached hydrogen (secondary N) is 1. The van der Waals surface area contributed by atoms with Crippen molar-refractivity contribution in [1.82, 2.24) is 0 Å². The van der Waals surface area contributed by atoms with Crippen molar-refractivity contribution in [3.05, 3.63) is 48.0 Å². The SMILES string of the molecule is CCOc1ccc(Nc2cc([C@@H](CC)CC(=O)O)ccc2N2CCOC[C@@H]2C(C)C)cc1. The maximum atomic E-state index is 11.4. The fraction of sp³-hybridized carbons (Fsp3) is 0.500. The molecule has 0 aliphatic carbocycles. The molecule has 0 amide bonds. The van der Waals surface area contributed by atoms with Crippen molar-refractivity contribution in [2.24, 2.45) is 5.92 Å². The third-order valence-corrected chi connectivity index (χ3v) is 6.09. The molecule has 2 aromatic rings. The highest BCUT2D eigenvalue weighted by molar-refractivity contribution is 5.77. The van der Waals surface area contributed by atoms with Gasteiger partial charge in [0, 0.05) is 12.2 Å². The van der Waals surface area contributed by atoms with Crippen LogP contribution in [0.2, 0.25) is 0 Å². The first-order chi connectivity index (χ1) is 15.4. The van der Waals surface area contributed by atoms with Gasteiger partial charge in [-0.1, -0.05) is 26.8 Å². The average molecular weight is 441 g/mol. The van der Waals surface area contributed by atoms with E-state index in [1.165, 1.54) is 0 Å². The Kier molecular flexibility index (Phi) is 8.39. The topological polar surface area (TPSA) is 71.0 Å². The van der Waals surface area contributed by atoms with Gasteiger partial charge in [0.05, 0.1) is 43.7 Å². The van der Waals surface area contributed by atoms with E-state index in [2.05, 4.69) is 42.3 Å². The van der Waals surface area contributed by atoms with E-state index in [1.54, 1.807) is 0 Å². The zero-order chi connectivity index (χ0) is 23.1. The van der Waals surface area contributed by atoms with Crippen LogP contribution in [0.25, 0.3) is 0 Å². The zero-order valence-electron chi connectivity index (χ0n) is 19.6. The number of anilines is 3. The summed E-state index contributed by atoms with van der Waals surface area (Å²) in [6.07, 6.45) is 0.908. The van der Waals surface area contributed by atoms with E-state index in [4.69, 9.17) is 9.47 Å². The Morgan fingerprint density at radius 2 is 1.97 bits per heavy atom. The fourth-order valence-electron chi connectivity index (χ4n) is 4.30. The number of morpholine rings is 1. The van der Waals surface area contributed by atoms with Crippen molar-refractivity contribution < 1.29 is 19.4 Å². The lowest BCUT2D eigenvalue weighted by atomic mass is 9.92. The standard InChI is InChI=1S/C26H36N2O4/c1-5-19(16-26(29)30)20-7-12-24(28-13-14-31-17-25(28)18(3)4)23(15-20)27-21-8-10-22(11-9-21)32-6-2/h7-12,15,18-19,25,27H,5-6,13-14,16-17H2,1-4H3,(H,29,30)/t19-,25+/m0/s1. The van der Waals surface area contributed by atoms with E-state index in [-0.39, 0.29) is 18.4 Å². The van der Waals surface area contributed by atoms with Crippen molar-refractivity contribution in [1.29, 1.82) is 0 Å². The summed E-state index contributed by atoms with van der Waals surface area (Å²) in [7, 11) is 0. The molecule has 1 aliphatic rings. The van der Waals surface area contributed by atoms with Crippen LogP contribution in [0.15, 0.2) is 42.5 Å². The van der Waals surface area contributed by atoms with Crippen molar-refractivity contribution in [2.45, 2.75) is 52.5 Å². The molecule has 32 heavy (non-hydrogen) atoms. The van der Waals surface area contributed by atoms with Crippen molar-refractivity contribution >= 4 is 23.0 Å². The smallest absolute Gasteiger partial charge is 0.303 e. The number of carboxylic acid groups (broad SMARTS) is 1. The molecule has 0 aromatic heterocycles. The Hall–Kier alpha value is -2.73. The molecule has 1 aliphatic heterocycles. The molecule has 0 saturated carbocycles. The normalized spacial score (nSPS) is 17.3. The first-order valence-corrected chi connectivity index (χ1v) is 11.6. The van der Waals surface area contributed by atoms with Gasteiger partial charge >= 0.3 is 5.97 Å². The van der Waals surface area contributed by atoms with Crippen molar-refractivity contribution in [3.63, 3.8) is 0 Å². The second-order valence-electron chi connectivity index (χ2n) is 8.64. The molecule has 0 bridgehead atoms. The van der Waals surface area contributed by atoms with Crippen LogP contribution in [0.5, 0.6) is 5.75 Å². The lowest BCUT2D eigenvalue weighted by molar-refractivity contribution is -0.137. The number of hydrogen-bond donors (Lipinski definition) is 2. The molecule has 2 atom stereocenters. The van der Waals surface area contributed by atoms with Gasteiger partial charge in [-0.2, -0.15) is 0 Å². The van der Waals surface area contributed by atoms with Gasteiger partial charge in [0.1, 0.15) is 5.75 Å². The predicted molar refractivity (Wildman–Crippen MR) is 129 cm³/mol.